The molecule has 0 radical (unpaired) electrons. The third kappa shape index (κ3) is 7.70. The Labute approximate surface area is 207 Å². The van der Waals surface area contributed by atoms with Gasteiger partial charge in [0.1, 0.15) is 24.8 Å². The Morgan fingerprint density at radius 3 is 2.49 bits per heavy atom. The van der Waals surface area contributed by atoms with E-state index in [4.69, 9.17) is 4.84 Å². The van der Waals surface area contributed by atoms with Gasteiger partial charge in [0.2, 0.25) is 10.0 Å². The van der Waals surface area contributed by atoms with E-state index in [-0.39, 0.29) is 34.8 Å². The second-order valence-electron chi connectivity index (χ2n) is 9.26. The number of nitriles is 1. The summed E-state index contributed by atoms with van der Waals surface area (Å²) in [6.45, 7) is 7.16. The van der Waals surface area contributed by atoms with Gasteiger partial charge in [0.25, 0.3) is 0 Å². The molecule has 2 aromatic carbocycles. The molecule has 0 aliphatic carbocycles. The van der Waals surface area contributed by atoms with Crippen molar-refractivity contribution in [3.8, 4) is 17.2 Å². The number of ketones is 1. The van der Waals surface area contributed by atoms with Gasteiger partial charge in [-0.1, -0.05) is 48.8 Å². The van der Waals surface area contributed by atoms with E-state index < -0.39 is 27.3 Å². The van der Waals surface area contributed by atoms with Crippen molar-refractivity contribution in [3.05, 3.63) is 53.8 Å². The van der Waals surface area contributed by atoms with Crippen LogP contribution >= 0.6 is 0 Å². The van der Waals surface area contributed by atoms with Gasteiger partial charge in [-0.3, -0.25) is 4.79 Å². The van der Waals surface area contributed by atoms with Crippen LogP contribution in [0.25, 0.3) is 11.1 Å². The Kier molecular flexibility index (Phi) is 9.69. The molecule has 1 N–H and O–H groups in total. The number of nitrogens with one attached hydrogen (secondary N) is 1. The lowest BCUT2D eigenvalue weighted by molar-refractivity contribution is -0.121. The smallest absolute Gasteiger partial charge is 0.241 e. The molecule has 0 saturated carbocycles. The number of carbonyl (C=O) groups is 1. The average molecular weight is 502 g/mol. The summed E-state index contributed by atoms with van der Waals surface area (Å²) in [5.41, 5.74) is 0.144. The number of hydrogen-bond acceptors (Lipinski definition) is 6. The van der Waals surface area contributed by atoms with Crippen LogP contribution in [0.15, 0.2) is 52.5 Å². The molecule has 0 spiro atoms. The highest BCUT2D eigenvalue weighted by atomic mass is 32.2. The first-order chi connectivity index (χ1) is 16.4. The zero-order valence-corrected chi connectivity index (χ0v) is 21.6. The number of benzene rings is 2. The Bertz CT molecular complexity index is 1230. The van der Waals surface area contributed by atoms with Gasteiger partial charge in [-0.2, -0.15) is 5.26 Å². The van der Waals surface area contributed by atoms with Crippen LogP contribution in [0.2, 0.25) is 0 Å². The molecule has 0 heterocycles. The van der Waals surface area contributed by atoms with E-state index in [0.29, 0.717) is 17.5 Å². The molecule has 0 aliphatic rings. The minimum atomic E-state index is -3.86. The minimum Gasteiger partial charge on any atom is -0.398 e. The van der Waals surface area contributed by atoms with Crippen molar-refractivity contribution in [2.24, 2.45) is 11.1 Å². The van der Waals surface area contributed by atoms with Crippen LogP contribution in [-0.4, -0.2) is 32.6 Å². The van der Waals surface area contributed by atoms with Crippen LogP contribution in [0.3, 0.4) is 0 Å². The normalized spacial score (nSPS) is 13.2. The molecule has 9 heteroatoms. The van der Waals surface area contributed by atoms with Crippen molar-refractivity contribution in [1.82, 2.24) is 4.72 Å². The van der Waals surface area contributed by atoms with Gasteiger partial charge in [-0.25, -0.2) is 17.5 Å². The molecule has 188 valence electrons. The Hall–Kier alpha value is -3.09. The number of Topliss-reactive ketones (excluding diaryl/α,β-unsaturated/α-hetero) is 1. The topological polar surface area (TPSA) is 109 Å². The van der Waals surface area contributed by atoms with Crippen molar-refractivity contribution >= 4 is 21.5 Å². The number of oxime groups is 1. The lowest BCUT2D eigenvalue weighted by atomic mass is 9.88. The fraction of sp³-hybridized carbons (Fsp3) is 0.423. The summed E-state index contributed by atoms with van der Waals surface area (Å²) in [7, 11) is -2.58. The third-order valence-corrected chi connectivity index (χ3v) is 7.02. The third-order valence-electron chi connectivity index (χ3n) is 5.20. The largest absolute Gasteiger partial charge is 0.398 e. The van der Waals surface area contributed by atoms with Gasteiger partial charge in [-0.15, -0.1) is 0 Å². The molecule has 0 aliphatic heterocycles. The Morgan fingerprint density at radius 1 is 1.23 bits per heavy atom. The molecule has 0 aromatic heterocycles. The zero-order valence-electron chi connectivity index (χ0n) is 20.8. The molecular formula is C26H32FN3O4S. The van der Waals surface area contributed by atoms with Crippen LogP contribution in [0.4, 0.5) is 4.39 Å². The van der Waals surface area contributed by atoms with Gasteiger partial charge in [-0.05, 0) is 56.9 Å². The lowest BCUT2D eigenvalue weighted by Gasteiger charge is -2.21. The number of sulfonamides is 1. The second-order valence-corrected chi connectivity index (χ2v) is 10.9. The first kappa shape index (κ1) is 28.1. The molecule has 1 unspecified atom stereocenters. The van der Waals surface area contributed by atoms with E-state index in [1.165, 1.54) is 25.3 Å². The first-order valence-corrected chi connectivity index (χ1v) is 12.9. The van der Waals surface area contributed by atoms with Gasteiger partial charge in [0, 0.05) is 17.5 Å². The van der Waals surface area contributed by atoms with Crippen molar-refractivity contribution in [2.75, 3.05) is 7.11 Å². The van der Waals surface area contributed by atoms with E-state index in [0.717, 1.165) is 6.42 Å². The van der Waals surface area contributed by atoms with Crippen LogP contribution in [0.1, 0.15) is 52.5 Å². The molecule has 1 atom stereocenters. The number of unbranched alkanes of at least 4 members (excludes halogenated alkanes) is 1. The summed E-state index contributed by atoms with van der Waals surface area (Å²) in [4.78, 5) is 17.5. The van der Waals surface area contributed by atoms with E-state index in [1.807, 2.05) is 13.0 Å². The van der Waals surface area contributed by atoms with Crippen molar-refractivity contribution < 1.29 is 22.4 Å². The monoisotopic (exact) mass is 501 g/mol. The van der Waals surface area contributed by atoms with Crippen molar-refractivity contribution in [1.29, 1.82) is 5.26 Å². The standard InChI is InChI=1S/C26H32FN3O4S/c1-6-7-11-24(31)21(23(17-28)29-34-5)15-19-14-13-18(16-22(19)27)20-10-8-9-12-25(20)35(32,33)30-26(2,3)4/h8-10,12-14,16,21,30H,6-7,11,15H2,1-5H3. The first-order valence-electron chi connectivity index (χ1n) is 11.4. The van der Waals surface area contributed by atoms with Gasteiger partial charge < -0.3 is 4.84 Å². The van der Waals surface area contributed by atoms with E-state index in [9.17, 15) is 18.5 Å². The number of rotatable bonds is 11. The highest BCUT2D eigenvalue weighted by Crippen LogP contribution is 2.30. The Morgan fingerprint density at radius 2 is 1.91 bits per heavy atom. The molecule has 35 heavy (non-hydrogen) atoms. The second kappa shape index (κ2) is 12.0. The lowest BCUT2D eigenvalue weighted by Crippen LogP contribution is -2.40. The van der Waals surface area contributed by atoms with E-state index in [2.05, 4.69) is 9.88 Å². The van der Waals surface area contributed by atoms with Crippen LogP contribution < -0.4 is 4.72 Å². The fourth-order valence-corrected chi connectivity index (χ4v) is 5.30. The number of nitrogens with zero attached hydrogens (tertiary/aromatic N) is 2. The molecule has 2 rings (SSSR count). The summed E-state index contributed by atoms with van der Waals surface area (Å²) in [5.74, 6) is -1.76. The van der Waals surface area contributed by atoms with Crippen LogP contribution in [0.5, 0.6) is 0 Å². The fourth-order valence-electron chi connectivity index (χ4n) is 3.65. The summed E-state index contributed by atoms with van der Waals surface area (Å²) in [6, 6.07) is 12.6. The number of carbonyl (C=O) groups excluding carboxylic acids is 1. The minimum absolute atomic E-state index is 0.0358. The van der Waals surface area contributed by atoms with Gasteiger partial charge in [0.15, 0.2) is 5.71 Å². The van der Waals surface area contributed by atoms with Crippen LogP contribution in [-0.2, 0) is 26.1 Å². The van der Waals surface area contributed by atoms with Crippen molar-refractivity contribution in [2.45, 2.75) is 63.8 Å². The highest BCUT2D eigenvalue weighted by Gasteiger charge is 2.28. The molecule has 2 aromatic rings. The summed E-state index contributed by atoms with van der Waals surface area (Å²) < 4.78 is 43.8. The highest BCUT2D eigenvalue weighted by molar-refractivity contribution is 7.89. The predicted molar refractivity (Wildman–Crippen MR) is 134 cm³/mol. The zero-order chi connectivity index (χ0) is 26.2. The summed E-state index contributed by atoms with van der Waals surface area (Å²) in [5, 5.41) is 13.1. The number of halogens is 1. The van der Waals surface area contributed by atoms with Gasteiger partial charge >= 0.3 is 0 Å². The van der Waals surface area contributed by atoms with Gasteiger partial charge in [0.05, 0.1) is 10.8 Å². The van der Waals surface area contributed by atoms with Crippen molar-refractivity contribution in [3.63, 3.8) is 0 Å². The molecular weight excluding hydrogens is 469 g/mol. The average Bonchev–Trinajstić information content (AvgIpc) is 2.79. The molecule has 0 fully saturated rings. The molecule has 0 bridgehead atoms. The quantitative estimate of drug-likeness (QED) is 0.344. The predicted octanol–water partition coefficient (Wildman–Crippen LogP) is 5.01. The maximum absolute atomic E-state index is 15.2. The van der Waals surface area contributed by atoms with E-state index in [1.54, 1.807) is 45.0 Å². The van der Waals surface area contributed by atoms with E-state index >= 15 is 4.39 Å². The molecule has 0 amide bonds. The molecule has 0 saturated heterocycles. The maximum Gasteiger partial charge on any atom is 0.241 e. The molecule has 7 nitrogen and oxygen atoms in total. The SMILES string of the molecule is CCCCC(=O)C(Cc1ccc(-c2ccccc2S(=O)(=O)NC(C)(C)C)cc1F)C(C#N)=NOC. The Balaban J connectivity index is 2.46. The maximum atomic E-state index is 15.2. The summed E-state index contributed by atoms with van der Waals surface area (Å²) >= 11 is 0. The number of hydrogen-bond donors (Lipinski definition) is 1. The summed E-state index contributed by atoms with van der Waals surface area (Å²) in [6.07, 6.45) is 1.64. The van der Waals surface area contributed by atoms with Crippen LogP contribution in [0, 0.1) is 23.1 Å².